The zero-order valence-electron chi connectivity index (χ0n) is 17.1. The van der Waals surface area contributed by atoms with Crippen LogP contribution in [-0.2, 0) is 4.79 Å². The molecule has 31 heavy (non-hydrogen) atoms. The molecule has 5 nitrogen and oxygen atoms in total. The highest BCUT2D eigenvalue weighted by Gasteiger charge is 2.20. The summed E-state index contributed by atoms with van der Waals surface area (Å²) in [6.07, 6.45) is -0.795. The SMILES string of the molecule is CC(Oc1ccc(Cl)cc1Br)C(=O)Nc1ccccc1C(=O)NC(C)c1ccccc1. The van der Waals surface area contributed by atoms with E-state index in [1.165, 1.54) is 0 Å². The normalized spacial score (nSPS) is 12.5. The van der Waals surface area contributed by atoms with Crippen LogP contribution in [0.1, 0.15) is 35.8 Å². The molecule has 2 N–H and O–H groups in total. The van der Waals surface area contributed by atoms with Gasteiger partial charge in [-0.3, -0.25) is 9.59 Å². The van der Waals surface area contributed by atoms with Gasteiger partial charge in [-0.2, -0.15) is 0 Å². The van der Waals surface area contributed by atoms with Crippen molar-refractivity contribution in [2.24, 2.45) is 0 Å². The topological polar surface area (TPSA) is 67.4 Å². The van der Waals surface area contributed by atoms with Crippen LogP contribution < -0.4 is 15.4 Å². The summed E-state index contributed by atoms with van der Waals surface area (Å²) in [5, 5.41) is 6.31. The number of rotatable bonds is 7. The van der Waals surface area contributed by atoms with E-state index >= 15 is 0 Å². The minimum Gasteiger partial charge on any atom is -0.480 e. The summed E-state index contributed by atoms with van der Waals surface area (Å²) in [6.45, 7) is 3.55. The molecule has 0 aliphatic rings. The summed E-state index contributed by atoms with van der Waals surface area (Å²) < 4.78 is 6.39. The second-order valence-electron chi connectivity index (χ2n) is 6.98. The maximum Gasteiger partial charge on any atom is 0.265 e. The van der Waals surface area contributed by atoms with Gasteiger partial charge in [-0.05, 0) is 65.7 Å². The molecular weight excluding hydrogens is 480 g/mol. The van der Waals surface area contributed by atoms with Gasteiger partial charge in [0.25, 0.3) is 11.8 Å². The van der Waals surface area contributed by atoms with Gasteiger partial charge >= 0.3 is 0 Å². The monoisotopic (exact) mass is 500 g/mol. The van der Waals surface area contributed by atoms with E-state index in [-0.39, 0.29) is 17.9 Å². The first-order valence-corrected chi connectivity index (χ1v) is 10.9. The van der Waals surface area contributed by atoms with Gasteiger partial charge in [-0.1, -0.05) is 54.1 Å². The second-order valence-corrected chi connectivity index (χ2v) is 8.27. The minimum absolute atomic E-state index is 0.179. The van der Waals surface area contributed by atoms with Crippen LogP contribution in [0.15, 0.2) is 77.3 Å². The van der Waals surface area contributed by atoms with Crippen molar-refractivity contribution in [3.8, 4) is 5.75 Å². The molecule has 0 aromatic heterocycles. The molecule has 0 saturated carbocycles. The zero-order valence-corrected chi connectivity index (χ0v) is 19.4. The summed E-state index contributed by atoms with van der Waals surface area (Å²) in [6, 6.07) is 21.4. The minimum atomic E-state index is -0.795. The highest BCUT2D eigenvalue weighted by molar-refractivity contribution is 9.10. The Morgan fingerprint density at radius 1 is 0.968 bits per heavy atom. The number of anilines is 1. The molecule has 7 heteroatoms. The van der Waals surface area contributed by atoms with Crippen molar-refractivity contribution < 1.29 is 14.3 Å². The first-order chi connectivity index (χ1) is 14.8. The van der Waals surface area contributed by atoms with Gasteiger partial charge in [0.1, 0.15) is 5.75 Å². The Balaban J connectivity index is 1.69. The number of hydrogen-bond acceptors (Lipinski definition) is 3. The van der Waals surface area contributed by atoms with Gasteiger partial charge in [0.2, 0.25) is 0 Å². The van der Waals surface area contributed by atoms with Gasteiger partial charge in [0.15, 0.2) is 6.10 Å². The fourth-order valence-corrected chi connectivity index (χ4v) is 3.71. The molecular formula is C24H22BrClN2O3. The summed E-state index contributed by atoms with van der Waals surface area (Å²) in [7, 11) is 0. The molecule has 0 saturated heterocycles. The third kappa shape index (κ3) is 6.09. The average Bonchev–Trinajstić information content (AvgIpc) is 2.76. The fourth-order valence-electron chi connectivity index (χ4n) is 2.94. The van der Waals surface area contributed by atoms with Crippen LogP contribution in [0.2, 0.25) is 5.02 Å². The highest BCUT2D eigenvalue weighted by Crippen LogP contribution is 2.29. The van der Waals surface area contributed by atoms with Crippen LogP contribution in [-0.4, -0.2) is 17.9 Å². The van der Waals surface area contributed by atoms with E-state index in [1.807, 2.05) is 37.3 Å². The molecule has 3 aromatic rings. The first kappa shape index (κ1) is 22.8. The summed E-state index contributed by atoms with van der Waals surface area (Å²) in [5.74, 6) is -0.158. The van der Waals surface area contributed by atoms with E-state index in [4.69, 9.17) is 16.3 Å². The van der Waals surface area contributed by atoms with E-state index in [1.54, 1.807) is 49.4 Å². The van der Waals surface area contributed by atoms with Crippen LogP contribution in [0, 0.1) is 0 Å². The maximum atomic E-state index is 12.9. The molecule has 2 unspecified atom stereocenters. The first-order valence-electron chi connectivity index (χ1n) is 9.72. The zero-order chi connectivity index (χ0) is 22.4. The lowest BCUT2D eigenvalue weighted by Gasteiger charge is -2.18. The second kappa shape index (κ2) is 10.5. The van der Waals surface area contributed by atoms with E-state index in [9.17, 15) is 9.59 Å². The lowest BCUT2D eigenvalue weighted by atomic mass is 10.1. The third-order valence-corrected chi connectivity index (χ3v) is 5.50. The van der Waals surface area contributed by atoms with Gasteiger partial charge < -0.3 is 15.4 Å². The van der Waals surface area contributed by atoms with Crippen molar-refractivity contribution in [2.75, 3.05) is 5.32 Å². The van der Waals surface area contributed by atoms with Crippen molar-refractivity contribution in [1.29, 1.82) is 0 Å². The van der Waals surface area contributed by atoms with Crippen molar-refractivity contribution in [2.45, 2.75) is 26.0 Å². The van der Waals surface area contributed by atoms with E-state index in [0.717, 1.165) is 5.56 Å². The molecule has 0 spiro atoms. The van der Waals surface area contributed by atoms with E-state index < -0.39 is 6.10 Å². The molecule has 3 rings (SSSR count). The summed E-state index contributed by atoms with van der Waals surface area (Å²) >= 11 is 9.31. The van der Waals surface area contributed by atoms with Crippen molar-refractivity contribution in [3.63, 3.8) is 0 Å². The van der Waals surface area contributed by atoms with Crippen LogP contribution in [0.5, 0.6) is 5.75 Å². The Morgan fingerprint density at radius 2 is 1.65 bits per heavy atom. The number of hydrogen-bond donors (Lipinski definition) is 2. The Labute approximate surface area is 194 Å². The van der Waals surface area contributed by atoms with Gasteiger partial charge in [0, 0.05) is 5.02 Å². The highest BCUT2D eigenvalue weighted by atomic mass is 79.9. The molecule has 0 bridgehead atoms. The number of halogens is 2. The number of ether oxygens (including phenoxy) is 1. The Kier molecular flexibility index (Phi) is 7.71. The number of amides is 2. The van der Waals surface area contributed by atoms with Crippen molar-refractivity contribution >= 4 is 45.0 Å². The third-order valence-electron chi connectivity index (χ3n) is 4.64. The van der Waals surface area contributed by atoms with Crippen molar-refractivity contribution in [1.82, 2.24) is 5.32 Å². The largest absolute Gasteiger partial charge is 0.480 e. The Morgan fingerprint density at radius 3 is 2.35 bits per heavy atom. The molecule has 0 aliphatic carbocycles. The predicted octanol–water partition coefficient (Wildman–Crippen LogP) is 6.00. The molecule has 3 aromatic carbocycles. The maximum absolute atomic E-state index is 12.9. The van der Waals surface area contributed by atoms with Crippen LogP contribution in [0.25, 0.3) is 0 Å². The lowest BCUT2D eigenvalue weighted by molar-refractivity contribution is -0.122. The summed E-state index contributed by atoms with van der Waals surface area (Å²) in [4.78, 5) is 25.6. The fraction of sp³-hybridized carbons (Fsp3) is 0.167. The predicted molar refractivity (Wildman–Crippen MR) is 127 cm³/mol. The van der Waals surface area contributed by atoms with Crippen molar-refractivity contribution in [3.05, 3.63) is 93.4 Å². The quantitative estimate of drug-likeness (QED) is 0.417. The molecule has 0 aliphatic heterocycles. The van der Waals surface area contributed by atoms with Gasteiger partial charge in [-0.25, -0.2) is 0 Å². The van der Waals surface area contributed by atoms with E-state index in [2.05, 4.69) is 26.6 Å². The summed E-state index contributed by atoms with van der Waals surface area (Å²) in [5.41, 5.74) is 1.78. The molecule has 2 amide bonds. The molecule has 0 fully saturated rings. The Hall–Kier alpha value is -2.83. The van der Waals surface area contributed by atoms with Gasteiger partial charge in [0.05, 0.1) is 21.8 Å². The molecule has 160 valence electrons. The smallest absolute Gasteiger partial charge is 0.265 e. The average molecular weight is 502 g/mol. The standard InChI is InChI=1S/C24H22BrClN2O3/c1-15(17-8-4-3-5-9-17)27-24(30)19-10-6-7-11-21(19)28-23(29)16(2)31-22-13-12-18(26)14-20(22)25/h3-16H,1-2H3,(H,27,30)(H,28,29). The van der Waals surface area contributed by atoms with Crippen LogP contribution in [0.4, 0.5) is 5.69 Å². The van der Waals surface area contributed by atoms with E-state index in [0.29, 0.717) is 26.5 Å². The molecule has 2 atom stereocenters. The number of nitrogens with one attached hydrogen (secondary N) is 2. The Bertz CT molecular complexity index is 1080. The number of carbonyl (C=O) groups excluding carboxylic acids is 2. The molecule has 0 heterocycles. The van der Waals surface area contributed by atoms with Crippen LogP contribution in [0.3, 0.4) is 0 Å². The lowest BCUT2D eigenvalue weighted by Crippen LogP contribution is -2.32. The number of benzene rings is 3. The molecule has 0 radical (unpaired) electrons. The number of carbonyl (C=O) groups is 2. The number of para-hydroxylation sites is 1. The van der Waals surface area contributed by atoms with Crippen LogP contribution >= 0.6 is 27.5 Å². The van der Waals surface area contributed by atoms with Gasteiger partial charge in [-0.15, -0.1) is 0 Å².